The van der Waals surface area contributed by atoms with Gasteiger partial charge in [-0.05, 0) is 83.7 Å². The lowest BCUT2D eigenvalue weighted by molar-refractivity contribution is -0.756. The highest BCUT2D eigenvalue weighted by atomic mass is 35.5. The van der Waals surface area contributed by atoms with Gasteiger partial charge < -0.3 is 14.9 Å². The molecule has 0 saturated heterocycles. The van der Waals surface area contributed by atoms with E-state index in [1.807, 2.05) is 25.1 Å². The normalized spacial score (nSPS) is 19.7. The second-order valence-corrected chi connectivity index (χ2v) is 10.1. The average Bonchev–Trinajstić information content (AvgIpc) is 3.08. The van der Waals surface area contributed by atoms with Crippen molar-refractivity contribution in [2.24, 2.45) is 0 Å². The number of nitrogens with zero attached hydrogens (tertiary/aromatic N) is 1. The molecule has 0 saturated carbocycles. The summed E-state index contributed by atoms with van der Waals surface area (Å²) in [5.74, 6) is -1.03. The van der Waals surface area contributed by atoms with E-state index in [0.29, 0.717) is 21.6 Å². The summed E-state index contributed by atoms with van der Waals surface area (Å²) in [6.45, 7) is 3.06. The molecule has 0 fully saturated rings. The minimum atomic E-state index is -1.35. The van der Waals surface area contributed by atoms with Crippen molar-refractivity contribution in [3.05, 3.63) is 105 Å². The lowest BCUT2D eigenvalue weighted by Gasteiger charge is -2.34. The predicted molar refractivity (Wildman–Crippen MR) is 145 cm³/mol. The van der Waals surface area contributed by atoms with E-state index in [1.54, 1.807) is 49.7 Å². The third-order valence-corrected chi connectivity index (χ3v) is 7.24. The van der Waals surface area contributed by atoms with Crippen LogP contribution in [0.15, 0.2) is 76.9 Å². The fraction of sp³-hybridized carbons (Fsp3) is 0.222. The van der Waals surface area contributed by atoms with Crippen molar-refractivity contribution in [3.63, 3.8) is 0 Å². The molecule has 2 aliphatic rings. The van der Waals surface area contributed by atoms with Gasteiger partial charge in [-0.1, -0.05) is 24.3 Å². The fourth-order valence-corrected chi connectivity index (χ4v) is 4.86. The Bertz CT molecular complexity index is 1420. The minimum Gasteiger partial charge on any atom is -0.435 e. The van der Waals surface area contributed by atoms with Crippen LogP contribution in [-0.4, -0.2) is 33.9 Å². The number of esters is 1. The van der Waals surface area contributed by atoms with Crippen molar-refractivity contribution < 1.29 is 28.1 Å². The van der Waals surface area contributed by atoms with Gasteiger partial charge in [-0.25, -0.2) is 4.39 Å². The molecule has 1 aliphatic heterocycles. The van der Waals surface area contributed by atoms with Crippen molar-refractivity contribution in [1.82, 2.24) is 5.32 Å². The van der Waals surface area contributed by atoms with Gasteiger partial charge in [0.2, 0.25) is 5.72 Å². The Morgan fingerprint density at radius 1 is 1.21 bits per heavy atom. The summed E-state index contributed by atoms with van der Waals surface area (Å²) >= 11 is 0. The summed E-state index contributed by atoms with van der Waals surface area (Å²) in [6.07, 6.45) is 8.18. The maximum atomic E-state index is 14.2. The van der Waals surface area contributed by atoms with Crippen LogP contribution in [-0.2, 0) is 25.2 Å². The van der Waals surface area contributed by atoms with Gasteiger partial charge >= 0.3 is 5.97 Å². The van der Waals surface area contributed by atoms with Crippen LogP contribution < -0.4 is 5.32 Å². The predicted octanol–water partition coefficient (Wildman–Crippen LogP) is 5.21. The first-order valence-corrected chi connectivity index (χ1v) is 12.9. The van der Waals surface area contributed by atoms with Gasteiger partial charge in [-0.15, -0.1) is 22.5 Å². The number of benzene rings is 2. The SMILES string of the molecule is CC1=C(CC(=O)OC2(C)NC=CC=C2CO[N+](=O)[O-])c2cc(F)ccc2/C1=C\c1ccc(S(C)=O)cc1.Cl. The van der Waals surface area contributed by atoms with Gasteiger partial charge in [0.25, 0.3) is 5.09 Å². The van der Waals surface area contributed by atoms with E-state index < -0.39 is 33.4 Å². The largest absolute Gasteiger partial charge is 0.435 e. The number of allylic oxidation sites excluding steroid dienone is 4. The quantitative estimate of drug-likeness (QED) is 0.268. The number of nitrogens with one attached hydrogen (secondary N) is 1. The zero-order chi connectivity index (χ0) is 26.7. The molecule has 2 atom stereocenters. The van der Waals surface area contributed by atoms with E-state index in [-0.39, 0.29) is 25.4 Å². The highest BCUT2D eigenvalue weighted by Crippen LogP contribution is 2.44. The summed E-state index contributed by atoms with van der Waals surface area (Å²) in [5.41, 5.74) is 3.53. The Hall–Kier alpha value is -3.76. The van der Waals surface area contributed by atoms with E-state index in [2.05, 4.69) is 10.2 Å². The number of hydrogen-bond acceptors (Lipinski definition) is 7. The van der Waals surface area contributed by atoms with Gasteiger partial charge in [0.15, 0.2) is 0 Å². The summed E-state index contributed by atoms with van der Waals surface area (Å²) in [6, 6.07) is 11.7. The van der Waals surface area contributed by atoms with Gasteiger partial charge in [-0.2, -0.15) is 0 Å². The lowest BCUT2D eigenvalue weighted by Crippen LogP contribution is -2.48. The molecule has 8 nitrogen and oxygen atoms in total. The van der Waals surface area contributed by atoms with Crippen LogP contribution in [0.4, 0.5) is 4.39 Å². The highest BCUT2D eigenvalue weighted by Gasteiger charge is 2.35. The molecule has 4 rings (SSSR count). The molecule has 0 bridgehead atoms. The maximum absolute atomic E-state index is 14.2. The molecular weight excluding hydrogens is 535 g/mol. The third-order valence-electron chi connectivity index (χ3n) is 6.31. The number of fused-ring (bicyclic) bond motifs is 1. The molecule has 11 heteroatoms. The van der Waals surface area contributed by atoms with Gasteiger partial charge in [-0.3, -0.25) is 9.00 Å². The molecular formula is C27H26ClFN2O6S. The smallest absolute Gasteiger partial charge is 0.312 e. The number of rotatable bonds is 8. The van der Waals surface area contributed by atoms with Crippen LogP contribution in [0.1, 0.15) is 37.0 Å². The molecule has 2 unspecified atom stereocenters. The number of carbonyl (C=O) groups excluding carboxylic acids is 1. The summed E-state index contributed by atoms with van der Waals surface area (Å²) < 4.78 is 31.7. The monoisotopic (exact) mass is 560 g/mol. The van der Waals surface area contributed by atoms with Crippen molar-refractivity contribution in [2.45, 2.75) is 30.9 Å². The molecule has 2 aromatic rings. The van der Waals surface area contributed by atoms with E-state index in [1.165, 1.54) is 12.1 Å². The van der Waals surface area contributed by atoms with Crippen molar-refractivity contribution in [2.75, 3.05) is 12.9 Å². The Labute approximate surface area is 227 Å². The average molecular weight is 561 g/mol. The van der Waals surface area contributed by atoms with Crippen molar-refractivity contribution in [3.8, 4) is 0 Å². The van der Waals surface area contributed by atoms with E-state index >= 15 is 0 Å². The first kappa shape index (κ1) is 28.8. The molecule has 38 heavy (non-hydrogen) atoms. The minimum absolute atomic E-state index is 0. The zero-order valence-electron chi connectivity index (χ0n) is 20.9. The van der Waals surface area contributed by atoms with Crippen LogP contribution >= 0.6 is 12.4 Å². The molecule has 1 N–H and O–H groups in total. The van der Waals surface area contributed by atoms with Crippen LogP contribution in [0.25, 0.3) is 17.2 Å². The lowest BCUT2D eigenvalue weighted by atomic mass is 10.0. The molecule has 2 aromatic carbocycles. The number of carbonyl (C=O) groups is 1. The topological polar surface area (TPSA) is 108 Å². The number of hydrogen-bond donors (Lipinski definition) is 1. The molecule has 1 heterocycles. The molecule has 0 spiro atoms. The van der Waals surface area contributed by atoms with Gasteiger partial charge in [0.05, 0.1) is 6.42 Å². The van der Waals surface area contributed by atoms with Gasteiger partial charge in [0, 0.05) is 33.7 Å². The highest BCUT2D eigenvalue weighted by molar-refractivity contribution is 7.84. The molecule has 0 aromatic heterocycles. The number of dihydropyridines is 1. The first-order valence-electron chi connectivity index (χ1n) is 11.4. The Balaban J connectivity index is 0.00000400. The first-order chi connectivity index (χ1) is 17.6. The third kappa shape index (κ3) is 6.20. The van der Waals surface area contributed by atoms with E-state index in [9.17, 15) is 23.5 Å². The molecule has 1 aliphatic carbocycles. The van der Waals surface area contributed by atoms with Crippen LogP contribution in [0.2, 0.25) is 0 Å². The number of ether oxygens (including phenoxy) is 1. The van der Waals surface area contributed by atoms with Crippen LogP contribution in [0.3, 0.4) is 0 Å². The Morgan fingerprint density at radius 3 is 2.58 bits per heavy atom. The second-order valence-electron chi connectivity index (χ2n) is 8.75. The van der Waals surface area contributed by atoms with E-state index in [4.69, 9.17) is 4.74 Å². The molecule has 0 amide bonds. The zero-order valence-corrected chi connectivity index (χ0v) is 22.5. The van der Waals surface area contributed by atoms with Gasteiger partial charge in [0.1, 0.15) is 12.4 Å². The second kappa shape index (κ2) is 11.7. The van der Waals surface area contributed by atoms with Crippen molar-refractivity contribution in [1.29, 1.82) is 0 Å². The maximum Gasteiger partial charge on any atom is 0.312 e. The van der Waals surface area contributed by atoms with E-state index in [0.717, 1.165) is 22.3 Å². The summed E-state index contributed by atoms with van der Waals surface area (Å²) in [4.78, 5) is 28.9. The van der Waals surface area contributed by atoms with Crippen molar-refractivity contribution >= 4 is 46.4 Å². The number of halogens is 2. The summed E-state index contributed by atoms with van der Waals surface area (Å²) in [7, 11) is -1.09. The Morgan fingerprint density at radius 2 is 1.92 bits per heavy atom. The van der Waals surface area contributed by atoms with Crippen LogP contribution in [0.5, 0.6) is 0 Å². The standard InChI is InChI=1S/C27H25FN2O6S.ClH/c1-17-23(13-18-6-9-21(10-7-18)37(3)34)22-11-8-20(28)14-25(22)24(17)15-26(31)36-27(2)19(5-4-12-29-27)16-35-30(32)33;/h4-14,29H,15-16H2,1-3H3;1H/b23-13-;. The Kier molecular flexibility index (Phi) is 8.90. The van der Waals surface area contributed by atoms with Crippen LogP contribution in [0, 0.1) is 15.9 Å². The summed E-state index contributed by atoms with van der Waals surface area (Å²) in [5, 5.41) is 12.6. The molecule has 200 valence electrons. The molecule has 0 radical (unpaired) electrons. The fourth-order valence-electron chi connectivity index (χ4n) is 4.34.